The van der Waals surface area contributed by atoms with Crippen molar-refractivity contribution in [1.82, 2.24) is 9.88 Å². The molecular formula is C11H15FN4O. The number of pyridine rings is 1. The molecule has 1 aliphatic rings. The van der Waals surface area contributed by atoms with E-state index in [4.69, 9.17) is 5.73 Å². The van der Waals surface area contributed by atoms with Crippen molar-refractivity contribution in [2.24, 2.45) is 0 Å². The van der Waals surface area contributed by atoms with Gasteiger partial charge in [-0.05, 0) is 12.1 Å². The van der Waals surface area contributed by atoms with Crippen molar-refractivity contribution in [3.05, 3.63) is 17.9 Å². The van der Waals surface area contributed by atoms with Gasteiger partial charge in [0.15, 0.2) is 11.6 Å². The smallest absolute Gasteiger partial charge is 0.219 e. The second-order valence-corrected chi connectivity index (χ2v) is 4.03. The zero-order valence-electron chi connectivity index (χ0n) is 9.69. The molecular weight excluding hydrogens is 223 g/mol. The lowest BCUT2D eigenvalue weighted by atomic mass is 10.3. The van der Waals surface area contributed by atoms with Crippen LogP contribution in [0.5, 0.6) is 0 Å². The summed E-state index contributed by atoms with van der Waals surface area (Å²) in [6.07, 6.45) is 0. The number of amides is 1. The van der Waals surface area contributed by atoms with Crippen molar-refractivity contribution >= 4 is 17.5 Å². The van der Waals surface area contributed by atoms with Crippen LogP contribution >= 0.6 is 0 Å². The lowest BCUT2D eigenvalue weighted by Gasteiger charge is -2.34. The van der Waals surface area contributed by atoms with Crippen molar-refractivity contribution in [2.45, 2.75) is 6.92 Å². The fourth-order valence-electron chi connectivity index (χ4n) is 1.87. The first-order valence-electron chi connectivity index (χ1n) is 5.50. The first kappa shape index (κ1) is 11.6. The van der Waals surface area contributed by atoms with Crippen molar-refractivity contribution < 1.29 is 9.18 Å². The number of aromatic nitrogens is 1. The van der Waals surface area contributed by atoms with Crippen molar-refractivity contribution in [1.29, 1.82) is 0 Å². The quantitative estimate of drug-likeness (QED) is 0.772. The van der Waals surface area contributed by atoms with Gasteiger partial charge in [0.1, 0.15) is 5.82 Å². The Hall–Kier alpha value is -1.85. The van der Waals surface area contributed by atoms with Gasteiger partial charge in [-0.2, -0.15) is 0 Å². The van der Waals surface area contributed by atoms with Gasteiger partial charge in [-0.3, -0.25) is 4.79 Å². The molecule has 0 unspecified atom stereocenters. The molecule has 0 saturated carbocycles. The predicted octanol–water partition coefficient (Wildman–Crippen LogP) is 0.471. The molecule has 1 aliphatic heterocycles. The van der Waals surface area contributed by atoms with Gasteiger partial charge in [-0.15, -0.1) is 0 Å². The summed E-state index contributed by atoms with van der Waals surface area (Å²) in [5, 5.41) is 0. The Morgan fingerprint density at radius 2 is 2.00 bits per heavy atom. The van der Waals surface area contributed by atoms with Gasteiger partial charge < -0.3 is 15.5 Å². The molecule has 0 atom stereocenters. The molecule has 0 bridgehead atoms. The summed E-state index contributed by atoms with van der Waals surface area (Å²) < 4.78 is 13.0. The summed E-state index contributed by atoms with van der Waals surface area (Å²) >= 11 is 0. The fourth-order valence-corrected chi connectivity index (χ4v) is 1.87. The van der Waals surface area contributed by atoms with Crippen LogP contribution < -0.4 is 10.6 Å². The number of hydrogen-bond acceptors (Lipinski definition) is 4. The summed E-state index contributed by atoms with van der Waals surface area (Å²) in [7, 11) is 0. The highest BCUT2D eigenvalue weighted by atomic mass is 19.1. The molecule has 1 amide bonds. The largest absolute Gasteiger partial charge is 0.381 e. The van der Waals surface area contributed by atoms with Crippen LogP contribution in [0.25, 0.3) is 0 Å². The third kappa shape index (κ3) is 2.46. The Kier molecular flexibility index (Phi) is 3.12. The highest BCUT2D eigenvalue weighted by molar-refractivity contribution is 5.73. The number of nitrogens with two attached hydrogens (primary N) is 1. The molecule has 1 fully saturated rings. The summed E-state index contributed by atoms with van der Waals surface area (Å²) in [6.45, 7) is 4.27. The number of carbonyl (C=O) groups excluding carboxylic acids is 1. The fraction of sp³-hybridized carbons (Fsp3) is 0.455. The van der Waals surface area contributed by atoms with E-state index in [9.17, 15) is 9.18 Å². The molecule has 92 valence electrons. The highest BCUT2D eigenvalue weighted by Crippen LogP contribution is 2.17. The maximum atomic E-state index is 13.0. The van der Waals surface area contributed by atoms with Crippen LogP contribution in [-0.2, 0) is 4.79 Å². The zero-order valence-corrected chi connectivity index (χ0v) is 9.69. The van der Waals surface area contributed by atoms with Gasteiger partial charge >= 0.3 is 0 Å². The third-order valence-electron chi connectivity index (χ3n) is 2.91. The molecule has 1 aromatic rings. The Morgan fingerprint density at radius 3 is 2.53 bits per heavy atom. The number of piperazine rings is 1. The van der Waals surface area contributed by atoms with E-state index in [-0.39, 0.29) is 11.7 Å². The van der Waals surface area contributed by atoms with E-state index >= 15 is 0 Å². The predicted molar refractivity (Wildman–Crippen MR) is 63.1 cm³/mol. The van der Waals surface area contributed by atoms with Gasteiger partial charge in [0, 0.05) is 33.1 Å². The van der Waals surface area contributed by atoms with E-state index in [2.05, 4.69) is 4.98 Å². The number of nitrogens with zero attached hydrogens (tertiary/aromatic N) is 3. The highest BCUT2D eigenvalue weighted by Gasteiger charge is 2.19. The zero-order chi connectivity index (χ0) is 12.4. The van der Waals surface area contributed by atoms with Crippen LogP contribution in [0, 0.1) is 5.82 Å². The number of carbonyl (C=O) groups is 1. The van der Waals surface area contributed by atoms with Crippen LogP contribution in [0.15, 0.2) is 12.1 Å². The van der Waals surface area contributed by atoms with Crippen LogP contribution in [-0.4, -0.2) is 42.0 Å². The van der Waals surface area contributed by atoms with Gasteiger partial charge in [0.2, 0.25) is 5.91 Å². The Labute approximate surface area is 99.0 Å². The first-order valence-corrected chi connectivity index (χ1v) is 5.50. The Morgan fingerprint density at radius 1 is 1.35 bits per heavy atom. The Balaban J connectivity index is 2.05. The number of hydrogen-bond donors (Lipinski definition) is 1. The number of halogens is 1. The van der Waals surface area contributed by atoms with Crippen molar-refractivity contribution in [3.63, 3.8) is 0 Å². The van der Waals surface area contributed by atoms with E-state index in [1.165, 1.54) is 6.07 Å². The minimum atomic E-state index is -0.504. The molecule has 1 saturated heterocycles. The van der Waals surface area contributed by atoms with Crippen molar-refractivity contribution in [3.8, 4) is 0 Å². The first-order chi connectivity index (χ1) is 8.08. The van der Waals surface area contributed by atoms with Crippen molar-refractivity contribution in [2.75, 3.05) is 36.8 Å². The van der Waals surface area contributed by atoms with E-state index in [1.54, 1.807) is 17.9 Å². The van der Waals surface area contributed by atoms with Gasteiger partial charge in [0.25, 0.3) is 0 Å². The molecule has 2 N–H and O–H groups in total. The number of rotatable bonds is 1. The average molecular weight is 238 g/mol. The summed E-state index contributed by atoms with van der Waals surface area (Å²) in [5.41, 5.74) is 5.43. The van der Waals surface area contributed by atoms with Gasteiger partial charge in [-0.25, -0.2) is 9.37 Å². The standard InChI is InChI=1S/C11H15FN4O/c1-8(17)15-4-6-16(7-5-15)10-3-2-9(12)11(13)14-10/h2-3H,4-7H2,1H3,(H2,13,14). The van der Waals surface area contributed by atoms with E-state index in [0.717, 1.165) is 0 Å². The molecule has 2 rings (SSSR count). The molecule has 0 radical (unpaired) electrons. The molecule has 0 aromatic carbocycles. The minimum Gasteiger partial charge on any atom is -0.381 e. The van der Waals surface area contributed by atoms with E-state index in [1.807, 2.05) is 4.90 Å². The van der Waals surface area contributed by atoms with Crippen LogP contribution in [0.1, 0.15) is 6.92 Å². The summed E-state index contributed by atoms with van der Waals surface area (Å²) in [6, 6.07) is 2.92. The van der Waals surface area contributed by atoms with Crippen LogP contribution in [0.2, 0.25) is 0 Å². The molecule has 1 aromatic heterocycles. The second kappa shape index (κ2) is 4.57. The molecule has 6 heteroatoms. The van der Waals surface area contributed by atoms with Crippen LogP contribution in [0.3, 0.4) is 0 Å². The lowest BCUT2D eigenvalue weighted by molar-refractivity contribution is -0.129. The van der Waals surface area contributed by atoms with E-state index in [0.29, 0.717) is 32.0 Å². The number of nitrogen functional groups attached to an aromatic ring is 1. The molecule has 0 spiro atoms. The Bertz CT molecular complexity index is 429. The summed E-state index contributed by atoms with van der Waals surface area (Å²) in [5.74, 6) is 0.149. The molecule has 5 nitrogen and oxygen atoms in total. The molecule has 17 heavy (non-hydrogen) atoms. The topological polar surface area (TPSA) is 62.5 Å². The van der Waals surface area contributed by atoms with Gasteiger partial charge in [-0.1, -0.05) is 0 Å². The number of anilines is 2. The maximum Gasteiger partial charge on any atom is 0.219 e. The lowest BCUT2D eigenvalue weighted by Crippen LogP contribution is -2.48. The maximum absolute atomic E-state index is 13.0. The molecule has 0 aliphatic carbocycles. The monoisotopic (exact) mass is 238 g/mol. The summed E-state index contributed by atoms with van der Waals surface area (Å²) in [4.78, 5) is 18.9. The second-order valence-electron chi connectivity index (χ2n) is 4.03. The van der Waals surface area contributed by atoms with Gasteiger partial charge in [0.05, 0.1) is 0 Å². The normalized spacial score (nSPS) is 16.1. The SMILES string of the molecule is CC(=O)N1CCN(c2ccc(F)c(N)n2)CC1. The van der Waals surface area contributed by atoms with Crippen LogP contribution in [0.4, 0.5) is 16.0 Å². The molecule has 2 heterocycles. The minimum absolute atomic E-state index is 0.0798. The third-order valence-corrected chi connectivity index (χ3v) is 2.91. The average Bonchev–Trinajstić information content (AvgIpc) is 2.33. The van der Waals surface area contributed by atoms with E-state index < -0.39 is 5.82 Å².